The van der Waals surface area contributed by atoms with Gasteiger partial charge in [-0.1, -0.05) is 18.2 Å². The van der Waals surface area contributed by atoms with Crippen LogP contribution in [0.25, 0.3) is 16.8 Å². The maximum Gasteiger partial charge on any atom is 0.251 e. The summed E-state index contributed by atoms with van der Waals surface area (Å²) in [5.74, 6) is -1.65. The van der Waals surface area contributed by atoms with E-state index in [1.165, 1.54) is 12.1 Å². The van der Waals surface area contributed by atoms with Crippen molar-refractivity contribution in [3.8, 4) is 11.3 Å². The van der Waals surface area contributed by atoms with Crippen molar-refractivity contribution in [1.82, 2.24) is 15.3 Å². The first-order valence-electron chi connectivity index (χ1n) is 11.9. The number of rotatable bonds is 7. The Bertz CT molecular complexity index is 1520. The molecule has 1 N–H and O–H groups in total. The van der Waals surface area contributed by atoms with E-state index in [0.29, 0.717) is 24.1 Å². The second kappa shape index (κ2) is 10.6. The summed E-state index contributed by atoms with van der Waals surface area (Å²) in [6, 6.07) is 16.7. The summed E-state index contributed by atoms with van der Waals surface area (Å²) in [6.45, 7) is 2.61. The fourth-order valence-corrected chi connectivity index (χ4v) is 4.35. The second-order valence-corrected chi connectivity index (χ2v) is 8.86. The molecular weight excluding hydrogens is 470 g/mol. The highest BCUT2D eigenvalue weighted by Gasteiger charge is 2.13. The van der Waals surface area contributed by atoms with Gasteiger partial charge in [-0.05, 0) is 78.1 Å². The molecule has 37 heavy (non-hydrogen) atoms. The lowest BCUT2D eigenvalue weighted by Gasteiger charge is -2.13. The van der Waals surface area contributed by atoms with Gasteiger partial charge in [-0.2, -0.15) is 0 Å². The maximum absolute atomic E-state index is 13.5. The molecule has 0 unspecified atom stereocenters. The molecule has 0 aliphatic carbocycles. The standard InChI is InChI=1S/C30H24F2N4O/c1-19-22(3-2-4-27(19)30(37)36-17-21-12-25(31)16-26(32)13-21)11-20-5-9-34-28(14-20)23-7-10-35-29(15-23)24-6-8-33-18-24/h2-7,9-10,12-16,18H,8,11,17H2,1H3,(H,36,37). The Morgan fingerprint density at radius 3 is 2.49 bits per heavy atom. The fraction of sp³-hybridized carbons (Fsp3) is 0.133. The van der Waals surface area contributed by atoms with Gasteiger partial charge < -0.3 is 5.32 Å². The summed E-state index contributed by atoms with van der Waals surface area (Å²) in [7, 11) is 0. The van der Waals surface area contributed by atoms with E-state index in [2.05, 4.69) is 20.3 Å². The number of carbonyl (C=O) groups is 1. The van der Waals surface area contributed by atoms with Gasteiger partial charge in [0, 0.05) is 47.9 Å². The molecule has 3 heterocycles. The molecule has 5 rings (SSSR count). The van der Waals surface area contributed by atoms with Crippen LogP contribution in [0.3, 0.4) is 0 Å². The highest BCUT2D eigenvalue weighted by molar-refractivity contribution is 6.10. The molecule has 7 heteroatoms. The van der Waals surface area contributed by atoms with Crippen LogP contribution in [-0.2, 0) is 13.0 Å². The highest BCUT2D eigenvalue weighted by atomic mass is 19.1. The lowest BCUT2D eigenvalue weighted by molar-refractivity contribution is 0.0950. The van der Waals surface area contributed by atoms with Crippen LogP contribution < -0.4 is 5.32 Å². The Labute approximate surface area is 213 Å². The molecule has 184 valence electrons. The molecule has 2 aromatic heterocycles. The molecule has 0 saturated carbocycles. The van der Waals surface area contributed by atoms with Gasteiger partial charge in [0.15, 0.2) is 0 Å². The minimum Gasteiger partial charge on any atom is -0.348 e. The summed E-state index contributed by atoms with van der Waals surface area (Å²) in [5, 5.41) is 2.76. The number of halogens is 2. The lowest BCUT2D eigenvalue weighted by atomic mass is 9.96. The topological polar surface area (TPSA) is 67.2 Å². The molecule has 4 aromatic rings. The van der Waals surface area contributed by atoms with E-state index >= 15 is 0 Å². The molecule has 0 fully saturated rings. The number of allylic oxidation sites excluding steroid dienone is 1. The van der Waals surface area contributed by atoms with Crippen molar-refractivity contribution < 1.29 is 13.6 Å². The number of hydrogen-bond donors (Lipinski definition) is 1. The van der Waals surface area contributed by atoms with Crippen molar-refractivity contribution in [3.63, 3.8) is 0 Å². The van der Waals surface area contributed by atoms with Crippen LogP contribution >= 0.6 is 0 Å². The molecule has 1 aliphatic heterocycles. The third-order valence-electron chi connectivity index (χ3n) is 6.28. The highest BCUT2D eigenvalue weighted by Crippen LogP contribution is 2.24. The summed E-state index contributed by atoms with van der Waals surface area (Å²) in [5.41, 5.74) is 7.46. The lowest BCUT2D eigenvalue weighted by Crippen LogP contribution is -2.24. The zero-order chi connectivity index (χ0) is 25.8. The Kier molecular flexibility index (Phi) is 6.94. The third kappa shape index (κ3) is 5.67. The van der Waals surface area contributed by atoms with Crippen LogP contribution in [0.15, 0.2) is 84.1 Å². The van der Waals surface area contributed by atoms with Crippen molar-refractivity contribution >= 4 is 17.7 Å². The number of aromatic nitrogens is 2. The summed E-state index contributed by atoms with van der Waals surface area (Å²) in [4.78, 5) is 26.1. The molecule has 5 nitrogen and oxygen atoms in total. The number of aliphatic imine (C=N–C) groups is 1. The van der Waals surface area contributed by atoms with Crippen LogP contribution in [0.1, 0.15) is 38.3 Å². The normalized spacial score (nSPS) is 12.5. The number of carbonyl (C=O) groups excluding carboxylic acids is 1. The van der Waals surface area contributed by atoms with E-state index in [-0.39, 0.29) is 12.5 Å². The predicted molar refractivity (Wildman–Crippen MR) is 140 cm³/mol. The van der Waals surface area contributed by atoms with Gasteiger partial charge in [-0.15, -0.1) is 0 Å². The first kappa shape index (κ1) is 24.2. The molecule has 0 saturated heterocycles. The monoisotopic (exact) mass is 494 g/mol. The van der Waals surface area contributed by atoms with Gasteiger partial charge in [0.2, 0.25) is 0 Å². The molecule has 0 atom stereocenters. The Balaban J connectivity index is 1.33. The third-order valence-corrected chi connectivity index (χ3v) is 6.28. The summed E-state index contributed by atoms with van der Waals surface area (Å²) in [6.07, 6.45) is 8.05. The van der Waals surface area contributed by atoms with E-state index in [1.54, 1.807) is 18.5 Å². The Morgan fingerprint density at radius 1 is 0.919 bits per heavy atom. The maximum atomic E-state index is 13.5. The van der Waals surface area contributed by atoms with Gasteiger partial charge in [-0.25, -0.2) is 8.78 Å². The molecule has 1 aliphatic rings. The number of nitrogens with zero attached hydrogens (tertiary/aromatic N) is 3. The average molecular weight is 495 g/mol. The average Bonchev–Trinajstić information content (AvgIpc) is 3.44. The number of nitrogens with one attached hydrogen (secondary N) is 1. The van der Waals surface area contributed by atoms with Gasteiger partial charge in [-0.3, -0.25) is 19.8 Å². The summed E-state index contributed by atoms with van der Waals surface area (Å²) < 4.78 is 26.9. The first-order chi connectivity index (χ1) is 18.0. The number of hydrogen-bond acceptors (Lipinski definition) is 4. The van der Waals surface area contributed by atoms with Crippen molar-refractivity contribution in [2.24, 2.45) is 4.99 Å². The van der Waals surface area contributed by atoms with Crippen LogP contribution in [0.5, 0.6) is 0 Å². The number of amides is 1. The van der Waals surface area contributed by atoms with Gasteiger partial charge in [0.1, 0.15) is 11.6 Å². The first-order valence-corrected chi connectivity index (χ1v) is 11.9. The molecule has 0 bridgehead atoms. The number of pyridine rings is 2. The molecule has 2 aromatic carbocycles. The van der Waals surface area contributed by atoms with Crippen LogP contribution in [0.4, 0.5) is 8.78 Å². The molecule has 0 spiro atoms. The number of benzene rings is 2. The van der Waals surface area contributed by atoms with Gasteiger partial charge in [0.25, 0.3) is 5.91 Å². The van der Waals surface area contributed by atoms with Gasteiger partial charge in [0.05, 0.1) is 17.9 Å². The minimum absolute atomic E-state index is 0.0293. The van der Waals surface area contributed by atoms with Crippen LogP contribution in [0.2, 0.25) is 0 Å². The fourth-order valence-electron chi connectivity index (χ4n) is 4.35. The Morgan fingerprint density at radius 2 is 1.70 bits per heavy atom. The SMILES string of the molecule is Cc1c(Cc2ccnc(-c3ccnc(C4=CCN=C4)c3)c2)cccc1C(=O)NCc1cc(F)cc(F)c1. The smallest absolute Gasteiger partial charge is 0.251 e. The largest absolute Gasteiger partial charge is 0.348 e. The minimum atomic E-state index is -0.674. The van der Waals surface area contributed by atoms with E-state index < -0.39 is 11.6 Å². The van der Waals surface area contributed by atoms with Crippen molar-refractivity contribution in [2.45, 2.75) is 19.9 Å². The van der Waals surface area contributed by atoms with E-state index in [4.69, 9.17) is 0 Å². The zero-order valence-corrected chi connectivity index (χ0v) is 20.2. The second-order valence-electron chi connectivity index (χ2n) is 8.86. The van der Waals surface area contributed by atoms with Crippen LogP contribution in [0, 0.1) is 18.6 Å². The van der Waals surface area contributed by atoms with Gasteiger partial charge >= 0.3 is 0 Å². The molecular formula is C30H24F2N4O. The van der Waals surface area contributed by atoms with E-state index in [0.717, 1.165) is 45.3 Å². The van der Waals surface area contributed by atoms with Crippen molar-refractivity contribution in [3.05, 3.63) is 124 Å². The van der Waals surface area contributed by atoms with Crippen molar-refractivity contribution in [1.29, 1.82) is 0 Å². The van der Waals surface area contributed by atoms with E-state index in [1.807, 2.05) is 55.6 Å². The van der Waals surface area contributed by atoms with E-state index in [9.17, 15) is 13.6 Å². The van der Waals surface area contributed by atoms with Crippen LogP contribution in [-0.4, -0.2) is 28.6 Å². The zero-order valence-electron chi connectivity index (χ0n) is 20.2. The molecule has 1 amide bonds. The quantitative estimate of drug-likeness (QED) is 0.357. The summed E-state index contributed by atoms with van der Waals surface area (Å²) >= 11 is 0. The van der Waals surface area contributed by atoms with Crippen molar-refractivity contribution in [2.75, 3.05) is 6.54 Å². The Hall–Kier alpha value is -4.52. The predicted octanol–water partition coefficient (Wildman–Crippen LogP) is 5.72. The molecule has 0 radical (unpaired) electrons.